The van der Waals surface area contributed by atoms with E-state index in [0.717, 1.165) is 50.4 Å². The lowest BCUT2D eigenvalue weighted by Gasteiger charge is -2.45. The smallest absolute Gasteiger partial charge is 0.220 e. The number of guanidine groups is 2. The van der Waals surface area contributed by atoms with Crippen molar-refractivity contribution in [3.8, 4) is 0 Å². The van der Waals surface area contributed by atoms with Crippen LogP contribution in [-0.2, 0) is 0 Å². The average Bonchev–Trinajstić information content (AvgIpc) is 2.63. The molecule has 4 N–H and O–H groups in total. The highest BCUT2D eigenvalue weighted by atomic mass is 15.4. The SMILES string of the molecule is CC1CCN(c2ccc(N3C(N)=NC(N)=NC34CCCCC4)cc2)CC1. The summed E-state index contributed by atoms with van der Waals surface area (Å²) in [5, 5.41) is 0. The standard InChI is InChI=1S/C20H30N6/c1-15-9-13-25(14-10-15)16-5-7-17(8-6-16)26-19(22)23-18(21)24-20(26)11-3-2-4-12-20/h5-8,15H,2-4,9-14H2,1H3,(H4,21,22,23,24). The number of hydrogen-bond acceptors (Lipinski definition) is 6. The second-order valence-electron chi connectivity index (χ2n) is 8.00. The molecule has 1 aromatic rings. The highest BCUT2D eigenvalue weighted by molar-refractivity contribution is 6.05. The van der Waals surface area contributed by atoms with E-state index >= 15 is 0 Å². The number of benzene rings is 1. The first-order valence-electron chi connectivity index (χ1n) is 9.92. The van der Waals surface area contributed by atoms with E-state index in [9.17, 15) is 0 Å². The van der Waals surface area contributed by atoms with Gasteiger partial charge in [0.1, 0.15) is 5.66 Å². The molecule has 3 aliphatic rings. The Morgan fingerprint density at radius 2 is 1.58 bits per heavy atom. The molecule has 0 amide bonds. The van der Waals surface area contributed by atoms with Gasteiger partial charge >= 0.3 is 0 Å². The Morgan fingerprint density at radius 3 is 2.23 bits per heavy atom. The van der Waals surface area contributed by atoms with E-state index in [4.69, 9.17) is 16.5 Å². The molecule has 140 valence electrons. The molecule has 6 nitrogen and oxygen atoms in total. The molecular formula is C20H30N6. The molecule has 0 atom stereocenters. The molecule has 0 bridgehead atoms. The molecule has 2 fully saturated rings. The summed E-state index contributed by atoms with van der Waals surface area (Å²) >= 11 is 0. The Morgan fingerprint density at radius 1 is 0.962 bits per heavy atom. The normalized spacial score (nSPS) is 23.7. The molecule has 6 heteroatoms. The van der Waals surface area contributed by atoms with Crippen LogP contribution in [0.2, 0.25) is 0 Å². The number of piperidine rings is 1. The second-order valence-corrected chi connectivity index (χ2v) is 8.00. The van der Waals surface area contributed by atoms with E-state index in [1.54, 1.807) is 0 Å². The summed E-state index contributed by atoms with van der Waals surface area (Å²) in [6.07, 6.45) is 8.00. The summed E-state index contributed by atoms with van der Waals surface area (Å²) in [7, 11) is 0. The van der Waals surface area contributed by atoms with Gasteiger partial charge in [0.15, 0.2) is 0 Å². The maximum absolute atomic E-state index is 6.31. The zero-order valence-electron chi connectivity index (χ0n) is 15.7. The van der Waals surface area contributed by atoms with Crippen molar-refractivity contribution >= 4 is 23.3 Å². The van der Waals surface area contributed by atoms with E-state index in [2.05, 4.69) is 46.0 Å². The van der Waals surface area contributed by atoms with Crippen molar-refractivity contribution in [2.75, 3.05) is 22.9 Å². The fraction of sp³-hybridized carbons (Fsp3) is 0.600. The fourth-order valence-corrected chi connectivity index (χ4v) is 4.57. The molecule has 0 aromatic heterocycles. The summed E-state index contributed by atoms with van der Waals surface area (Å²) in [6, 6.07) is 8.72. The molecule has 2 aliphatic heterocycles. The van der Waals surface area contributed by atoms with E-state index in [-0.39, 0.29) is 5.66 Å². The van der Waals surface area contributed by atoms with E-state index in [0.29, 0.717) is 11.9 Å². The molecule has 26 heavy (non-hydrogen) atoms. The molecule has 1 saturated heterocycles. The summed E-state index contributed by atoms with van der Waals surface area (Å²) < 4.78 is 0. The van der Waals surface area contributed by atoms with Crippen LogP contribution in [0.1, 0.15) is 51.9 Å². The number of anilines is 2. The topological polar surface area (TPSA) is 83.2 Å². The lowest BCUT2D eigenvalue weighted by molar-refractivity contribution is 0.305. The van der Waals surface area contributed by atoms with Crippen LogP contribution in [-0.4, -0.2) is 30.7 Å². The van der Waals surface area contributed by atoms with Gasteiger partial charge in [-0.15, -0.1) is 0 Å². The lowest BCUT2D eigenvalue weighted by atomic mass is 9.87. The van der Waals surface area contributed by atoms with E-state index < -0.39 is 0 Å². The lowest BCUT2D eigenvalue weighted by Crippen LogP contribution is -2.58. The van der Waals surface area contributed by atoms with Crippen molar-refractivity contribution in [3.63, 3.8) is 0 Å². The van der Waals surface area contributed by atoms with Crippen LogP contribution in [0.15, 0.2) is 34.3 Å². The van der Waals surface area contributed by atoms with Gasteiger partial charge < -0.3 is 16.4 Å². The number of hydrogen-bond donors (Lipinski definition) is 2. The van der Waals surface area contributed by atoms with Gasteiger partial charge in [0, 0.05) is 24.5 Å². The largest absolute Gasteiger partial charge is 0.372 e. The first-order chi connectivity index (χ1) is 12.6. The van der Waals surface area contributed by atoms with E-state index in [1.807, 2.05) is 0 Å². The Bertz CT molecular complexity index is 694. The van der Waals surface area contributed by atoms with Crippen molar-refractivity contribution in [3.05, 3.63) is 24.3 Å². The van der Waals surface area contributed by atoms with Gasteiger partial charge in [-0.1, -0.05) is 13.3 Å². The summed E-state index contributed by atoms with van der Waals surface area (Å²) in [4.78, 5) is 13.6. The highest BCUT2D eigenvalue weighted by Gasteiger charge is 2.42. The molecule has 1 aliphatic carbocycles. The minimum atomic E-state index is -0.365. The van der Waals surface area contributed by atoms with Crippen LogP contribution >= 0.6 is 0 Å². The fourth-order valence-electron chi connectivity index (χ4n) is 4.57. The predicted molar refractivity (Wildman–Crippen MR) is 109 cm³/mol. The van der Waals surface area contributed by atoms with Crippen LogP contribution in [0.5, 0.6) is 0 Å². The van der Waals surface area contributed by atoms with Crippen molar-refractivity contribution in [2.45, 2.75) is 57.5 Å². The maximum Gasteiger partial charge on any atom is 0.220 e. The Hall–Kier alpha value is -2.24. The molecule has 2 heterocycles. The molecule has 4 rings (SSSR count). The summed E-state index contributed by atoms with van der Waals surface area (Å²) in [6.45, 7) is 4.62. The van der Waals surface area contributed by atoms with Crippen molar-refractivity contribution in [2.24, 2.45) is 27.4 Å². The second kappa shape index (κ2) is 6.82. The molecule has 1 aromatic carbocycles. The van der Waals surface area contributed by atoms with Crippen molar-refractivity contribution < 1.29 is 0 Å². The van der Waals surface area contributed by atoms with Gasteiger partial charge in [0.05, 0.1) is 0 Å². The third-order valence-electron chi connectivity index (χ3n) is 6.11. The Labute approximate surface area is 156 Å². The van der Waals surface area contributed by atoms with Gasteiger partial charge in [-0.2, -0.15) is 4.99 Å². The molecule has 0 unspecified atom stereocenters. The highest BCUT2D eigenvalue weighted by Crippen LogP contribution is 2.39. The van der Waals surface area contributed by atoms with Crippen molar-refractivity contribution in [1.82, 2.24) is 0 Å². The Kier molecular flexibility index (Phi) is 4.51. The van der Waals surface area contributed by atoms with Gasteiger partial charge in [0.2, 0.25) is 11.9 Å². The van der Waals surface area contributed by atoms with Gasteiger partial charge in [-0.25, -0.2) is 4.99 Å². The maximum atomic E-state index is 6.31. The van der Waals surface area contributed by atoms with Crippen molar-refractivity contribution in [1.29, 1.82) is 0 Å². The number of nitrogens with zero attached hydrogens (tertiary/aromatic N) is 4. The van der Waals surface area contributed by atoms with E-state index in [1.165, 1.54) is 24.9 Å². The third kappa shape index (κ3) is 3.13. The van der Waals surface area contributed by atoms with Crippen LogP contribution in [0.3, 0.4) is 0 Å². The average molecular weight is 355 g/mol. The van der Waals surface area contributed by atoms with Gasteiger partial charge in [0.25, 0.3) is 0 Å². The minimum Gasteiger partial charge on any atom is -0.372 e. The third-order valence-corrected chi connectivity index (χ3v) is 6.11. The first-order valence-corrected chi connectivity index (χ1v) is 9.92. The minimum absolute atomic E-state index is 0.305. The number of rotatable bonds is 2. The zero-order valence-corrected chi connectivity index (χ0v) is 15.7. The van der Waals surface area contributed by atoms with Gasteiger partial charge in [-0.3, -0.25) is 4.90 Å². The molecule has 0 radical (unpaired) electrons. The first kappa shape index (κ1) is 17.2. The Balaban J connectivity index is 1.60. The number of nitrogens with two attached hydrogens (primary N) is 2. The summed E-state index contributed by atoms with van der Waals surface area (Å²) in [5.41, 5.74) is 14.2. The van der Waals surface area contributed by atoms with Crippen LogP contribution in [0, 0.1) is 5.92 Å². The molecule has 1 saturated carbocycles. The van der Waals surface area contributed by atoms with Crippen LogP contribution < -0.4 is 21.3 Å². The number of aliphatic imine (C=N–C) groups is 2. The van der Waals surface area contributed by atoms with Crippen LogP contribution in [0.4, 0.5) is 11.4 Å². The molecular weight excluding hydrogens is 324 g/mol. The zero-order chi connectivity index (χ0) is 18.1. The summed E-state index contributed by atoms with van der Waals surface area (Å²) in [5.74, 6) is 1.60. The predicted octanol–water partition coefficient (Wildman–Crippen LogP) is 3.03. The quantitative estimate of drug-likeness (QED) is 0.855. The van der Waals surface area contributed by atoms with Gasteiger partial charge in [-0.05, 0) is 68.7 Å². The van der Waals surface area contributed by atoms with Crippen LogP contribution in [0.25, 0.3) is 0 Å². The molecule has 1 spiro atoms. The monoisotopic (exact) mass is 354 g/mol.